The molecule has 1 heterocycles. The quantitative estimate of drug-likeness (QED) is 0.611. The van der Waals surface area contributed by atoms with Crippen molar-refractivity contribution in [3.8, 4) is 0 Å². The Labute approximate surface area is 149 Å². The van der Waals surface area contributed by atoms with E-state index in [4.69, 9.17) is 4.74 Å². The van der Waals surface area contributed by atoms with Gasteiger partial charge in [-0.3, -0.25) is 4.79 Å². The van der Waals surface area contributed by atoms with E-state index in [0.29, 0.717) is 6.42 Å². The van der Waals surface area contributed by atoms with Gasteiger partial charge in [0, 0.05) is 12.6 Å². The van der Waals surface area contributed by atoms with E-state index in [1.165, 1.54) is 11.4 Å². The van der Waals surface area contributed by atoms with Crippen LogP contribution in [0.1, 0.15) is 12.0 Å². The van der Waals surface area contributed by atoms with E-state index in [2.05, 4.69) is 6.58 Å². The van der Waals surface area contributed by atoms with E-state index in [1.54, 1.807) is 30.3 Å². The van der Waals surface area contributed by atoms with Crippen LogP contribution in [-0.4, -0.2) is 38.4 Å². The zero-order valence-corrected chi connectivity index (χ0v) is 15.3. The minimum absolute atomic E-state index is 0.0129. The number of fused-ring (bicyclic) bond motifs is 1. The summed E-state index contributed by atoms with van der Waals surface area (Å²) in [6, 6.07) is 6.36. The summed E-state index contributed by atoms with van der Waals surface area (Å²) < 4.78 is 32.8. The average Bonchev–Trinajstić information content (AvgIpc) is 2.99. The molecular formula is C19H23NO4S. The van der Waals surface area contributed by atoms with Gasteiger partial charge < -0.3 is 4.74 Å². The summed E-state index contributed by atoms with van der Waals surface area (Å²) in [5.41, 5.74) is 0.996. The standard InChI is InChI=1S/C19H23NO4S/c1-4-14-12-15-6-5-11-20(18(15)17(14)19(21)24-3)25(22,23)16-9-7-13(2)8-10-16/h4-10,14-15,17-18H,1,11-12H2,2-3H3/t14-,15+,17+,18+/m0/s1. The Morgan fingerprint density at radius 1 is 1.32 bits per heavy atom. The SMILES string of the molecule is C=C[C@H]1C[C@H]2C=CCN(S(=O)(=O)c3ccc(C)cc3)[C@H]2[C@@H]1C(=O)OC. The Balaban J connectivity index is 2.03. The number of nitrogens with zero attached hydrogens (tertiary/aromatic N) is 1. The summed E-state index contributed by atoms with van der Waals surface area (Å²) in [5.74, 6) is -1.02. The minimum Gasteiger partial charge on any atom is -0.469 e. The molecule has 1 saturated carbocycles. The van der Waals surface area contributed by atoms with Gasteiger partial charge in [-0.1, -0.05) is 35.9 Å². The van der Waals surface area contributed by atoms with E-state index in [-0.39, 0.29) is 29.2 Å². The molecule has 25 heavy (non-hydrogen) atoms. The van der Waals surface area contributed by atoms with Crippen molar-refractivity contribution in [3.63, 3.8) is 0 Å². The number of benzene rings is 1. The molecule has 1 aromatic rings. The molecule has 1 aromatic carbocycles. The Morgan fingerprint density at radius 2 is 2.00 bits per heavy atom. The highest BCUT2D eigenvalue weighted by atomic mass is 32.2. The van der Waals surface area contributed by atoms with Gasteiger partial charge in [-0.2, -0.15) is 4.31 Å². The third-order valence-electron chi connectivity index (χ3n) is 5.22. The van der Waals surface area contributed by atoms with Crippen LogP contribution in [0.3, 0.4) is 0 Å². The summed E-state index contributed by atoms with van der Waals surface area (Å²) in [6.07, 6.45) is 6.33. The maximum absolute atomic E-state index is 13.2. The fourth-order valence-electron chi connectivity index (χ4n) is 3.96. The fraction of sp³-hybridized carbons (Fsp3) is 0.421. The zero-order chi connectivity index (χ0) is 18.2. The molecule has 0 saturated heterocycles. The van der Waals surface area contributed by atoms with Gasteiger partial charge in [0.15, 0.2) is 0 Å². The molecule has 6 heteroatoms. The third-order valence-corrected chi connectivity index (χ3v) is 7.09. The zero-order valence-electron chi connectivity index (χ0n) is 14.5. The maximum Gasteiger partial charge on any atom is 0.310 e. The molecule has 2 aliphatic rings. The summed E-state index contributed by atoms with van der Waals surface area (Å²) in [5, 5.41) is 0. The predicted molar refractivity (Wildman–Crippen MR) is 95.3 cm³/mol. The van der Waals surface area contributed by atoms with Crippen molar-refractivity contribution in [1.82, 2.24) is 4.31 Å². The van der Waals surface area contributed by atoms with Crippen LogP contribution in [0.25, 0.3) is 0 Å². The van der Waals surface area contributed by atoms with Crippen LogP contribution in [-0.2, 0) is 19.6 Å². The van der Waals surface area contributed by atoms with Crippen LogP contribution in [0.4, 0.5) is 0 Å². The Kier molecular flexibility index (Phi) is 4.84. The van der Waals surface area contributed by atoms with Crippen LogP contribution in [0.15, 0.2) is 54.0 Å². The summed E-state index contributed by atoms with van der Waals surface area (Å²) in [4.78, 5) is 12.6. The van der Waals surface area contributed by atoms with Gasteiger partial charge in [-0.05, 0) is 37.3 Å². The van der Waals surface area contributed by atoms with Crippen molar-refractivity contribution >= 4 is 16.0 Å². The lowest BCUT2D eigenvalue weighted by molar-refractivity contribution is -0.147. The average molecular weight is 361 g/mol. The Bertz CT molecular complexity index is 797. The number of esters is 1. The summed E-state index contributed by atoms with van der Waals surface area (Å²) >= 11 is 0. The van der Waals surface area contributed by atoms with Gasteiger partial charge in [0.2, 0.25) is 10.0 Å². The fourth-order valence-corrected chi connectivity index (χ4v) is 5.60. The van der Waals surface area contributed by atoms with Gasteiger partial charge in [-0.25, -0.2) is 8.42 Å². The topological polar surface area (TPSA) is 63.7 Å². The normalized spacial score (nSPS) is 29.2. The monoisotopic (exact) mass is 361 g/mol. The number of rotatable bonds is 4. The third kappa shape index (κ3) is 3.04. The number of sulfonamides is 1. The van der Waals surface area contributed by atoms with Gasteiger partial charge in [-0.15, -0.1) is 6.58 Å². The first-order valence-electron chi connectivity index (χ1n) is 8.35. The molecule has 0 unspecified atom stereocenters. The summed E-state index contributed by atoms with van der Waals surface area (Å²) in [7, 11) is -2.36. The van der Waals surface area contributed by atoms with Gasteiger partial charge in [0.1, 0.15) is 0 Å². The molecule has 0 spiro atoms. The van der Waals surface area contributed by atoms with E-state index in [9.17, 15) is 13.2 Å². The Morgan fingerprint density at radius 3 is 2.60 bits per heavy atom. The van der Waals surface area contributed by atoms with Crippen LogP contribution in [0, 0.1) is 24.7 Å². The first-order chi connectivity index (χ1) is 11.9. The lowest BCUT2D eigenvalue weighted by atomic mass is 9.92. The van der Waals surface area contributed by atoms with Crippen LogP contribution in [0.5, 0.6) is 0 Å². The van der Waals surface area contributed by atoms with Crippen LogP contribution < -0.4 is 0 Å². The lowest BCUT2D eigenvalue weighted by Crippen LogP contribution is -2.49. The number of allylic oxidation sites excluding steroid dienone is 1. The molecule has 4 atom stereocenters. The molecule has 3 rings (SSSR count). The molecular weight excluding hydrogens is 338 g/mol. The molecule has 134 valence electrons. The Hall–Kier alpha value is -1.92. The predicted octanol–water partition coefficient (Wildman–Crippen LogP) is 2.54. The number of carbonyl (C=O) groups is 1. The van der Waals surface area contributed by atoms with Crippen molar-refractivity contribution in [2.24, 2.45) is 17.8 Å². The number of methoxy groups -OCH3 is 1. The van der Waals surface area contributed by atoms with E-state index in [1.807, 2.05) is 19.1 Å². The minimum atomic E-state index is -3.70. The van der Waals surface area contributed by atoms with Gasteiger partial charge in [0.25, 0.3) is 0 Å². The number of ether oxygens (including phenoxy) is 1. The molecule has 0 N–H and O–H groups in total. The van der Waals surface area contributed by atoms with Crippen molar-refractivity contribution in [2.45, 2.75) is 24.3 Å². The molecule has 0 bridgehead atoms. The molecule has 1 aliphatic heterocycles. The second-order valence-electron chi connectivity index (χ2n) is 6.65. The lowest BCUT2D eigenvalue weighted by Gasteiger charge is -2.36. The molecule has 1 fully saturated rings. The highest BCUT2D eigenvalue weighted by Gasteiger charge is 2.52. The highest BCUT2D eigenvalue weighted by molar-refractivity contribution is 7.89. The second kappa shape index (κ2) is 6.77. The second-order valence-corrected chi connectivity index (χ2v) is 8.55. The molecule has 5 nitrogen and oxygen atoms in total. The summed E-state index contributed by atoms with van der Waals surface area (Å²) in [6.45, 7) is 5.99. The highest BCUT2D eigenvalue weighted by Crippen LogP contribution is 2.45. The molecule has 0 aromatic heterocycles. The van der Waals surface area contributed by atoms with E-state index in [0.717, 1.165) is 5.56 Å². The van der Waals surface area contributed by atoms with Crippen molar-refractivity contribution < 1.29 is 17.9 Å². The van der Waals surface area contributed by atoms with Gasteiger partial charge in [0.05, 0.1) is 17.9 Å². The number of aryl methyl sites for hydroxylation is 1. The van der Waals surface area contributed by atoms with Crippen molar-refractivity contribution in [1.29, 1.82) is 0 Å². The number of carbonyl (C=O) groups excluding carboxylic acids is 1. The largest absolute Gasteiger partial charge is 0.469 e. The smallest absolute Gasteiger partial charge is 0.310 e. The first-order valence-corrected chi connectivity index (χ1v) is 9.79. The number of hydrogen-bond donors (Lipinski definition) is 0. The van der Waals surface area contributed by atoms with Crippen molar-refractivity contribution in [3.05, 3.63) is 54.6 Å². The first kappa shape index (κ1) is 17.9. The van der Waals surface area contributed by atoms with E-state index < -0.39 is 22.0 Å². The van der Waals surface area contributed by atoms with Crippen molar-refractivity contribution in [2.75, 3.05) is 13.7 Å². The number of hydrogen-bond acceptors (Lipinski definition) is 4. The molecule has 0 amide bonds. The molecule has 0 radical (unpaired) electrons. The van der Waals surface area contributed by atoms with E-state index >= 15 is 0 Å². The molecule has 1 aliphatic carbocycles. The van der Waals surface area contributed by atoms with Gasteiger partial charge >= 0.3 is 5.97 Å². The van der Waals surface area contributed by atoms with Crippen LogP contribution in [0.2, 0.25) is 0 Å². The maximum atomic E-state index is 13.2. The van der Waals surface area contributed by atoms with Crippen LogP contribution >= 0.6 is 0 Å².